The van der Waals surface area contributed by atoms with Gasteiger partial charge in [-0.1, -0.05) is 19.9 Å². The van der Waals surface area contributed by atoms with Gasteiger partial charge in [-0.2, -0.15) is 0 Å². The van der Waals surface area contributed by atoms with Crippen molar-refractivity contribution in [2.45, 2.75) is 108 Å². The fraction of sp³-hybridized carbons (Fsp3) is 0.900. The summed E-state index contributed by atoms with van der Waals surface area (Å²) in [5.74, 6) is 0.280. The summed E-state index contributed by atoms with van der Waals surface area (Å²) in [6, 6.07) is 0. The van der Waals surface area contributed by atoms with Crippen molar-refractivity contribution in [3.05, 3.63) is 11.6 Å². The van der Waals surface area contributed by atoms with E-state index < -0.39 is 29.0 Å². The summed E-state index contributed by atoms with van der Waals surface area (Å²) >= 11 is 0. The molecule has 3 aliphatic heterocycles. The Kier molecular flexibility index (Phi) is 4.66. The summed E-state index contributed by atoms with van der Waals surface area (Å²) in [4.78, 5) is 0. The maximum absolute atomic E-state index is 11.0. The molecule has 4 heteroatoms. The van der Waals surface area contributed by atoms with Crippen LogP contribution in [-0.4, -0.2) is 45.3 Å². The molecule has 4 nitrogen and oxygen atoms in total. The Morgan fingerprint density at radius 2 is 1.79 bits per heavy atom. The Labute approximate surface area is 146 Å². The van der Waals surface area contributed by atoms with Crippen LogP contribution >= 0.6 is 0 Å². The van der Waals surface area contributed by atoms with E-state index >= 15 is 0 Å². The highest BCUT2D eigenvalue weighted by Gasteiger charge is 2.54. The van der Waals surface area contributed by atoms with Crippen molar-refractivity contribution in [3.63, 3.8) is 0 Å². The van der Waals surface area contributed by atoms with Gasteiger partial charge in [0, 0.05) is 6.42 Å². The lowest BCUT2D eigenvalue weighted by atomic mass is 9.78. The molecule has 0 saturated carbocycles. The molecular formula is C20H34O4. The van der Waals surface area contributed by atoms with Gasteiger partial charge in [0.25, 0.3) is 0 Å². The molecule has 6 atom stereocenters. The fourth-order valence-corrected chi connectivity index (χ4v) is 4.69. The summed E-state index contributed by atoms with van der Waals surface area (Å²) in [6.45, 7) is 10.4. The Balaban J connectivity index is 1.98. The molecule has 2 fully saturated rings. The first-order valence-electron chi connectivity index (χ1n) is 9.51. The predicted octanol–water partition coefficient (Wildman–Crippen LogP) is 3.35. The molecule has 3 rings (SSSR count). The maximum atomic E-state index is 11.0. The van der Waals surface area contributed by atoms with Crippen molar-refractivity contribution >= 4 is 0 Å². The molecule has 3 aliphatic rings. The summed E-state index contributed by atoms with van der Waals surface area (Å²) in [7, 11) is 0. The third-order valence-electron chi connectivity index (χ3n) is 6.97. The lowest BCUT2D eigenvalue weighted by molar-refractivity contribution is -0.190. The van der Waals surface area contributed by atoms with E-state index in [4.69, 9.17) is 9.47 Å². The summed E-state index contributed by atoms with van der Waals surface area (Å²) in [5.41, 5.74) is -0.289. The number of aliphatic hydroxyl groups is 2. The van der Waals surface area contributed by atoms with E-state index in [1.165, 1.54) is 0 Å². The minimum absolute atomic E-state index is 0.0534. The lowest BCUT2D eigenvalue weighted by Gasteiger charge is -2.42. The SMILES string of the molecule is C/C1=C/C[C@H](O)[C@@]2(C)CC[C@@](C(C)C)(C[C@@H](O)[C@]3(C)CC[C@H]1O3)O2. The van der Waals surface area contributed by atoms with Crippen molar-refractivity contribution in [1.29, 1.82) is 0 Å². The molecule has 2 saturated heterocycles. The quantitative estimate of drug-likeness (QED) is 0.720. The van der Waals surface area contributed by atoms with Crippen LogP contribution in [0.25, 0.3) is 0 Å². The van der Waals surface area contributed by atoms with Gasteiger partial charge in [0.1, 0.15) is 0 Å². The summed E-state index contributed by atoms with van der Waals surface area (Å²) in [5, 5.41) is 21.8. The van der Waals surface area contributed by atoms with Crippen LogP contribution in [-0.2, 0) is 9.47 Å². The van der Waals surface area contributed by atoms with E-state index in [2.05, 4.69) is 26.8 Å². The molecule has 2 N–H and O–H groups in total. The molecule has 4 bridgehead atoms. The third kappa shape index (κ3) is 2.96. The van der Waals surface area contributed by atoms with E-state index in [0.29, 0.717) is 12.8 Å². The topological polar surface area (TPSA) is 58.9 Å². The Morgan fingerprint density at radius 3 is 2.46 bits per heavy atom. The largest absolute Gasteiger partial charge is 0.390 e. The van der Waals surface area contributed by atoms with E-state index in [1.54, 1.807) is 0 Å². The average molecular weight is 338 g/mol. The molecule has 0 aromatic carbocycles. The van der Waals surface area contributed by atoms with Gasteiger partial charge in [0.05, 0.1) is 35.1 Å². The van der Waals surface area contributed by atoms with Crippen LogP contribution in [0.4, 0.5) is 0 Å². The zero-order chi connectivity index (χ0) is 17.8. The second-order valence-electron chi connectivity index (χ2n) is 9.01. The smallest absolute Gasteiger partial charge is 0.0924 e. The van der Waals surface area contributed by atoms with Crippen molar-refractivity contribution in [2.75, 3.05) is 0 Å². The van der Waals surface area contributed by atoms with Gasteiger partial charge in [0.2, 0.25) is 0 Å². The molecule has 3 heterocycles. The monoisotopic (exact) mass is 338 g/mol. The number of ether oxygens (including phenoxy) is 2. The third-order valence-corrected chi connectivity index (χ3v) is 6.97. The average Bonchev–Trinajstić information content (AvgIpc) is 3.08. The molecule has 0 radical (unpaired) electrons. The highest BCUT2D eigenvalue weighted by molar-refractivity contribution is 5.13. The Morgan fingerprint density at radius 1 is 1.08 bits per heavy atom. The van der Waals surface area contributed by atoms with E-state index in [9.17, 15) is 10.2 Å². The van der Waals surface area contributed by atoms with Crippen molar-refractivity contribution < 1.29 is 19.7 Å². The first-order chi connectivity index (χ1) is 11.1. The first kappa shape index (κ1) is 18.4. The van der Waals surface area contributed by atoms with Crippen LogP contribution in [0, 0.1) is 5.92 Å². The number of hydrogen-bond acceptors (Lipinski definition) is 4. The predicted molar refractivity (Wildman–Crippen MR) is 93.8 cm³/mol. The summed E-state index contributed by atoms with van der Waals surface area (Å²) in [6.07, 6.45) is 5.71. The van der Waals surface area contributed by atoms with Crippen LogP contribution in [0.1, 0.15) is 73.1 Å². The second kappa shape index (κ2) is 6.08. The number of hydrogen-bond donors (Lipinski definition) is 2. The van der Waals surface area contributed by atoms with E-state index in [1.807, 2.05) is 13.8 Å². The Bertz CT molecular complexity index is 516. The van der Waals surface area contributed by atoms with Gasteiger partial charge in [-0.25, -0.2) is 0 Å². The highest BCUT2D eigenvalue weighted by atomic mass is 16.5. The van der Waals surface area contributed by atoms with Gasteiger partial charge >= 0.3 is 0 Å². The van der Waals surface area contributed by atoms with Crippen LogP contribution in [0.15, 0.2) is 11.6 Å². The Hall–Kier alpha value is -0.420. The molecular weight excluding hydrogens is 304 g/mol. The molecule has 0 aromatic rings. The normalized spacial score (nSPS) is 51.8. The zero-order valence-corrected chi connectivity index (χ0v) is 15.8. The van der Waals surface area contributed by atoms with E-state index in [0.717, 1.165) is 31.3 Å². The van der Waals surface area contributed by atoms with Gasteiger partial charge < -0.3 is 19.7 Å². The standard InChI is InChI=1S/C20H34O4/c1-13(2)20-11-10-19(5,24-20)16(21)7-6-14(3)15-8-9-18(4,23-15)17(22)12-20/h6,13,15-17,21-22H,7-12H2,1-5H3/b14-6-/t15-,16+,17-,18+,19-,20+/m1/s1. The number of aliphatic hydroxyl groups excluding tert-OH is 2. The van der Waals surface area contributed by atoms with Crippen LogP contribution in [0.5, 0.6) is 0 Å². The molecule has 0 unspecified atom stereocenters. The van der Waals surface area contributed by atoms with Crippen molar-refractivity contribution in [1.82, 2.24) is 0 Å². The van der Waals surface area contributed by atoms with Gasteiger partial charge in [0.15, 0.2) is 0 Å². The summed E-state index contributed by atoms with van der Waals surface area (Å²) < 4.78 is 12.8. The minimum Gasteiger partial charge on any atom is -0.390 e. The second-order valence-corrected chi connectivity index (χ2v) is 9.01. The lowest BCUT2D eigenvalue weighted by Crippen LogP contribution is -2.50. The highest BCUT2D eigenvalue weighted by Crippen LogP contribution is 2.49. The van der Waals surface area contributed by atoms with Crippen molar-refractivity contribution in [2.24, 2.45) is 5.92 Å². The number of rotatable bonds is 1. The van der Waals surface area contributed by atoms with Gasteiger partial charge in [-0.15, -0.1) is 0 Å². The van der Waals surface area contributed by atoms with Crippen molar-refractivity contribution in [3.8, 4) is 0 Å². The molecule has 0 spiro atoms. The first-order valence-corrected chi connectivity index (χ1v) is 9.51. The molecule has 24 heavy (non-hydrogen) atoms. The zero-order valence-electron chi connectivity index (χ0n) is 15.8. The molecule has 0 amide bonds. The van der Waals surface area contributed by atoms with Gasteiger partial charge in [-0.3, -0.25) is 0 Å². The van der Waals surface area contributed by atoms with Crippen LogP contribution in [0.3, 0.4) is 0 Å². The minimum atomic E-state index is -0.559. The van der Waals surface area contributed by atoms with Gasteiger partial charge in [-0.05, 0) is 64.4 Å². The van der Waals surface area contributed by atoms with Crippen LogP contribution < -0.4 is 0 Å². The fourth-order valence-electron chi connectivity index (χ4n) is 4.69. The molecule has 0 aromatic heterocycles. The van der Waals surface area contributed by atoms with Crippen LogP contribution in [0.2, 0.25) is 0 Å². The maximum Gasteiger partial charge on any atom is 0.0924 e. The van der Waals surface area contributed by atoms with E-state index in [-0.39, 0.29) is 12.0 Å². The molecule has 0 aliphatic carbocycles. The number of fused-ring (bicyclic) bond motifs is 4. The molecule has 138 valence electrons.